The van der Waals surface area contributed by atoms with E-state index in [1.807, 2.05) is 0 Å². The van der Waals surface area contributed by atoms with Crippen molar-refractivity contribution in [1.82, 2.24) is 9.80 Å². The molecular weight excluding hydrogens is 316 g/mol. The molecule has 1 aromatic rings. The SMILES string of the molecule is CN(Cc1ccc(OC(F)F)cc1)C(=O)CN1CCC(C)(CN)C1. The van der Waals surface area contributed by atoms with E-state index in [0.717, 1.165) is 25.1 Å². The third-order valence-corrected chi connectivity index (χ3v) is 4.48. The van der Waals surface area contributed by atoms with Gasteiger partial charge in [-0.3, -0.25) is 9.69 Å². The number of carbonyl (C=O) groups is 1. The van der Waals surface area contributed by atoms with Gasteiger partial charge in [0.05, 0.1) is 6.54 Å². The Morgan fingerprint density at radius 1 is 1.42 bits per heavy atom. The van der Waals surface area contributed by atoms with Crippen molar-refractivity contribution in [1.29, 1.82) is 0 Å². The topological polar surface area (TPSA) is 58.8 Å². The lowest BCUT2D eigenvalue weighted by Crippen LogP contribution is -2.39. The zero-order chi connectivity index (χ0) is 17.7. The highest BCUT2D eigenvalue weighted by molar-refractivity contribution is 5.78. The van der Waals surface area contributed by atoms with Crippen LogP contribution in [-0.2, 0) is 11.3 Å². The fourth-order valence-corrected chi connectivity index (χ4v) is 2.88. The van der Waals surface area contributed by atoms with Crippen LogP contribution in [0.5, 0.6) is 5.75 Å². The van der Waals surface area contributed by atoms with Crippen molar-refractivity contribution in [3.8, 4) is 5.75 Å². The van der Waals surface area contributed by atoms with Crippen molar-refractivity contribution >= 4 is 5.91 Å². The van der Waals surface area contributed by atoms with Gasteiger partial charge in [-0.1, -0.05) is 19.1 Å². The first-order valence-corrected chi connectivity index (χ1v) is 8.01. The molecule has 24 heavy (non-hydrogen) atoms. The van der Waals surface area contributed by atoms with Gasteiger partial charge in [-0.15, -0.1) is 0 Å². The first kappa shape index (κ1) is 18.6. The van der Waals surface area contributed by atoms with E-state index in [0.29, 0.717) is 19.6 Å². The highest BCUT2D eigenvalue weighted by atomic mass is 19.3. The number of ether oxygens (including phenoxy) is 1. The summed E-state index contributed by atoms with van der Waals surface area (Å²) in [5.41, 5.74) is 6.74. The maximum absolute atomic E-state index is 12.3. The van der Waals surface area contributed by atoms with Crippen molar-refractivity contribution in [3.63, 3.8) is 0 Å². The minimum atomic E-state index is -2.83. The van der Waals surface area contributed by atoms with E-state index >= 15 is 0 Å². The number of nitrogens with two attached hydrogens (primary N) is 1. The van der Waals surface area contributed by atoms with Crippen molar-refractivity contribution in [2.24, 2.45) is 11.1 Å². The predicted molar refractivity (Wildman–Crippen MR) is 87.8 cm³/mol. The van der Waals surface area contributed by atoms with E-state index in [4.69, 9.17) is 5.73 Å². The van der Waals surface area contributed by atoms with E-state index in [2.05, 4.69) is 16.6 Å². The Labute approximate surface area is 141 Å². The lowest BCUT2D eigenvalue weighted by molar-refractivity contribution is -0.131. The molecule has 1 fully saturated rings. The molecule has 1 aliphatic heterocycles. The largest absolute Gasteiger partial charge is 0.435 e. The second-order valence-corrected chi connectivity index (χ2v) is 6.75. The van der Waals surface area contributed by atoms with Gasteiger partial charge in [-0.25, -0.2) is 0 Å². The van der Waals surface area contributed by atoms with Gasteiger partial charge in [0, 0.05) is 20.1 Å². The summed E-state index contributed by atoms with van der Waals surface area (Å²) in [7, 11) is 1.74. The number of halogens is 2. The molecule has 1 saturated heterocycles. The summed E-state index contributed by atoms with van der Waals surface area (Å²) in [6.45, 7) is 2.45. The maximum atomic E-state index is 12.3. The molecule has 0 aromatic heterocycles. The van der Waals surface area contributed by atoms with Crippen LogP contribution in [0.15, 0.2) is 24.3 Å². The molecule has 2 N–H and O–H groups in total. The number of nitrogens with zero attached hydrogens (tertiary/aromatic N) is 2. The normalized spacial score (nSPS) is 21.2. The third-order valence-electron chi connectivity index (χ3n) is 4.48. The van der Waals surface area contributed by atoms with Crippen molar-refractivity contribution < 1.29 is 18.3 Å². The van der Waals surface area contributed by atoms with Crippen molar-refractivity contribution in [2.45, 2.75) is 26.5 Å². The monoisotopic (exact) mass is 341 g/mol. The molecule has 0 spiro atoms. The Bertz CT molecular complexity index is 553. The van der Waals surface area contributed by atoms with Crippen LogP contribution in [0.3, 0.4) is 0 Å². The van der Waals surface area contributed by atoms with Gasteiger partial charge in [0.15, 0.2) is 0 Å². The van der Waals surface area contributed by atoms with Crippen LogP contribution in [0.4, 0.5) is 8.78 Å². The Morgan fingerprint density at radius 2 is 2.08 bits per heavy atom. The van der Waals surface area contributed by atoms with Crippen molar-refractivity contribution in [3.05, 3.63) is 29.8 Å². The summed E-state index contributed by atoms with van der Waals surface area (Å²) in [4.78, 5) is 16.1. The molecule has 134 valence electrons. The fraction of sp³-hybridized carbons (Fsp3) is 0.588. The molecule has 0 aliphatic carbocycles. The molecule has 0 radical (unpaired) electrons. The van der Waals surface area contributed by atoms with Crippen molar-refractivity contribution in [2.75, 3.05) is 33.2 Å². The summed E-state index contributed by atoms with van der Waals surface area (Å²) >= 11 is 0. The fourth-order valence-electron chi connectivity index (χ4n) is 2.88. The molecule has 1 aromatic carbocycles. The average molecular weight is 341 g/mol. The molecule has 1 aliphatic rings. The van der Waals surface area contributed by atoms with Crippen LogP contribution in [0, 0.1) is 5.41 Å². The summed E-state index contributed by atoms with van der Waals surface area (Å²) in [6.07, 6.45) is 1.01. The number of hydrogen-bond donors (Lipinski definition) is 1. The molecule has 0 bridgehead atoms. The van der Waals surface area contributed by atoms with Gasteiger partial charge in [0.25, 0.3) is 0 Å². The van der Waals surface area contributed by atoms with Gasteiger partial charge < -0.3 is 15.4 Å². The summed E-state index contributed by atoms with van der Waals surface area (Å²) < 4.78 is 28.6. The zero-order valence-electron chi connectivity index (χ0n) is 14.2. The molecule has 7 heteroatoms. The number of likely N-dealkylation sites (tertiary alicyclic amines) is 1. The molecule has 0 saturated carbocycles. The standard InChI is InChI=1S/C17H25F2N3O2/c1-17(11-20)7-8-22(12-17)10-15(23)21(2)9-13-3-5-14(6-4-13)24-16(18)19/h3-6,16H,7-12,20H2,1-2H3. The number of rotatable bonds is 7. The minimum Gasteiger partial charge on any atom is -0.435 e. The minimum absolute atomic E-state index is 0.0316. The van der Waals surface area contributed by atoms with Gasteiger partial charge in [0.1, 0.15) is 5.75 Å². The molecule has 1 atom stereocenters. The molecule has 1 unspecified atom stereocenters. The van der Waals surface area contributed by atoms with Crippen LogP contribution >= 0.6 is 0 Å². The number of likely N-dealkylation sites (N-methyl/N-ethyl adjacent to an activating group) is 1. The second-order valence-electron chi connectivity index (χ2n) is 6.75. The molecule has 1 amide bonds. The van der Waals surface area contributed by atoms with E-state index in [1.165, 1.54) is 12.1 Å². The summed E-state index contributed by atoms with van der Waals surface area (Å²) in [6, 6.07) is 6.33. The number of amides is 1. The summed E-state index contributed by atoms with van der Waals surface area (Å²) in [5.74, 6) is 0.144. The molecule has 5 nitrogen and oxygen atoms in total. The maximum Gasteiger partial charge on any atom is 0.387 e. The van der Waals surface area contributed by atoms with Gasteiger partial charge in [0.2, 0.25) is 5.91 Å². The van der Waals surface area contributed by atoms with E-state index in [1.54, 1.807) is 24.1 Å². The highest BCUT2D eigenvalue weighted by Crippen LogP contribution is 2.28. The van der Waals surface area contributed by atoms with E-state index in [9.17, 15) is 13.6 Å². The van der Waals surface area contributed by atoms with Crippen LogP contribution in [0.2, 0.25) is 0 Å². The third kappa shape index (κ3) is 5.14. The van der Waals surface area contributed by atoms with Gasteiger partial charge in [-0.2, -0.15) is 8.78 Å². The zero-order valence-corrected chi connectivity index (χ0v) is 14.2. The number of carbonyl (C=O) groups excluding carboxylic acids is 1. The van der Waals surface area contributed by atoms with Gasteiger partial charge in [-0.05, 0) is 42.6 Å². The highest BCUT2D eigenvalue weighted by Gasteiger charge is 2.33. The number of hydrogen-bond acceptors (Lipinski definition) is 4. The average Bonchev–Trinajstić information content (AvgIpc) is 2.90. The lowest BCUT2D eigenvalue weighted by Gasteiger charge is -2.24. The Kier molecular flexibility index (Phi) is 6.12. The molecular formula is C17H25F2N3O2. The molecule has 1 heterocycles. The van der Waals surface area contributed by atoms with E-state index in [-0.39, 0.29) is 17.1 Å². The Hall–Kier alpha value is -1.73. The van der Waals surface area contributed by atoms with Gasteiger partial charge >= 0.3 is 6.61 Å². The van der Waals surface area contributed by atoms with Crippen LogP contribution in [0.25, 0.3) is 0 Å². The molecule has 2 rings (SSSR count). The smallest absolute Gasteiger partial charge is 0.387 e. The van der Waals surface area contributed by atoms with Crippen LogP contribution in [0.1, 0.15) is 18.9 Å². The Morgan fingerprint density at radius 3 is 2.62 bits per heavy atom. The van der Waals surface area contributed by atoms with E-state index < -0.39 is 6.61 Å². The predicted octanol–water partition coefficient (Wildman–Crippen LogP) is 1.92. The first-order chi connectivity index (χ1) is 11.3. The second kappa shape index (κ2) is 7.90. The quantitative estimate of drug-likeness (QED) is 0.823. The lowest BCUT2D eigenvalue weighted by atomic mass is 9.90. The first-order valence-electron chi connectivity index (χ1n) is 8.01. The van der Waals surface area contributed by atoms with Crippen LogP contribution in [-0.4, -0.2) is 55.5 Å². The Balaban J connectivity index is 1.83. The number of benzene rings is 1. The number of alkyl halides is 2. The van der Waals surface area contributed by atoms with Crippen LogP contribution < -0.4 is 10.5 Å². The summed E-state index contributed by atoms with van der Waals surface area (Å²) in [5, 5.41) is 0.